The van der Waals surface area contributed by atoms with Crippen molar-refractivity contribution in [2.24, 2.45) is 23.7 Å². The van der Waals surface area contributed by atoms with E-state index in [-0.39, 0.29) is 0 Å². The van der Waals surface area contributed by atoms with Crippen molar-refractivity contribution in [1.82, 2.24) is 15.0 Å². The fraction of sp³-hybridized carbons (Fsp3) is 0.778. The zero-order chi connectivity index (χ0) is 13.8. The standard InChI is InChI=1S/C18H25N3/c1-2-4-14(5-3-1)17-11-21(20-19-17)18-15-7-12-6-13(9-15)10-16(18)8-12/h1-2,11-16,18H,3-10H2/t12?,13?,14-,15?,16?,18?/m0/s1. The van der Waals surface area contributed by atoms with E-state index in [2.05, 4.69) is 33.3 Å². The lowest BCUT2D eigenvalue weighted by Gasteiger charge is -2.54. The third-order valence-electron chi connectivity index (χ3n) is 6.70. The van der Waals surface area contributed by atoms with Gasteiger partial charge in [0, 0.05) is 12.1 Å². The molecule has 1 heterocycles. The molecule has 1 aromatic rings. The van der Waals surface area contributed by atoms with Crippen molar-refractivity contribution in [3.8, 4) is 0 Å². The van der Waals surface area contributed by atoms with Crippen LogP contribution in [-0.4, -0.2) is 15.0 Å². The van der Waals surface area contributed by atoms with Gasteiger partial charge < -0.3 is 0 Å². The highest BCUT2D eigenvalue weighted by Crippen LogP contribution is 2.58. The van der Waals surface area contributed by atoms with Gasteiger partial charge in [-0.25, -0.2) is 4.68 Å². The lowest BCUT2D eigenvalue weighted by Crippen LogP contribution is -2.46. The molecule has 112 valence electrons. The normalized spacial score (nSPS) is 44.4. The lowest BCUT2D eigenvalue weighted by atomic mass is 9.54. The molecule has 5 aliphatic carbocycles. The number of rotatable bonds is 2. The van der Waals surface area contributed by atoms with E-state index in [1.807, 2.05) is 0 Å². The summed E-state index contributed by atoms with van der Waals surface area (Å²) in [6, 6.07) is 0.665. The Labute approximate surface area is 126 Å². The smallest absolute Gasteiger partial charge is 0.0861 e. The second kappa shape index (κ2) is 4.69. The molecule has 0 aliphatic heterocycles. The molecule has 1 atom stereocenters. The van der Waals surface area contributed by atoms with Gasteiger partial charge in [0.2, 0.25) is 0 Å². The van der Waals surface area contributed by atoms with Crippen molar-refractivity contribution in [2.45, 2.75) is 63.3 Å². The molecule has 3 heteroatoms. The van der Waals surface area contributed by atoms with Crippen molar-refractivity contribution in [1.29, 1.82) is 0 Å². The SMILES string of the molecule is C1=CC[C@H](c2cn(C3C4CC5CC(C4)CC3C5)nn2)CC1. The fourth-order valence-electron chi connectivity index (χ4n) is 6.01. The highest BCUT2D eigenvalue weighted by Gasteiger charge is 2.49. The number of aromatic nitrogens is 3. The van der Waals surface area contributed by atoms with Crippen LogP contribution < -0.4 is 0 Å². The summed E-state index contributed by atoms with van der Waals surface area (Å²) in [5, 5.41) is 9.13. The summed E-state index contributed by atoms with van der Waals surface area (Å²) < 4.78 is 2.28. The molecule has 0 spiro atoms. The van der Waals surface area contributed by atoms with Gasteiger partial charge >= 0.3 is 0 Å². The maximum Gasteiger partial charge on any atom is 0.0861 e. The molecular weight excluding hydrogens is 258 g/mol. The molecule has 0 radical (unpaired) electrons. The van der Waals surface area contributed by atoms with E-state index in [4.69, 9.17) is 0 Å². The summed E-state index contributed by atoms with van der Waals surface area (Å²) in [7, 11) is 0. The van der Waals surface area contributed by atoms with E-state index in [0.29, 0.717) is 12.0 Å². The highest BCUT2D eigenvalue weighted by atomic mass is 15.4. The van der Waals surface area contributed by atoms with Crippen LogP contribution in [0.5, 0.6) is 0 Å². The fourth-order valence-corrected chi connectivity index (χ4v) is 6.01. The summed E-state index contributed by atoms with van der Waals surface area (Å²) in [4.78, 5) is 0. The second-order valence-electron chi connectivity index (χ2n) is 8.03. The zero-order valence-corrected chi connectivity index (χ0v) is 12.7. The van der Waals surface area contributed by atoms with Crippen LogP contribution in [0.1, 0.15) is 69.0 Å². The molecule has 0 saturated heterocycles. The van der Waals surface area contributed by atoms with Gasteiger partial charge in [-0.15, -0.1) is 5.10 Å². The minimum absolute atomic E-state index is 0.612. The molecule has 0 N–H and O–H groups in total. The van der Waals surface area contributed by atoms with Gasteiger partial charge in [-0.2, -0.15) is 0 Å². The molecule has 1 aromatic heterocycles. The first-order chi connectivity index (χ1) is 10.4. The van der Waals surface area contributed by atoms with Gasteiger partial charge in [0.1, 0.15) is 0 Å². The monoisotopic (exact) mass is 283 g/mol. The minimum Gasteiger partial charge on any atom is -0.249 e. The first kappa shape index (κ1) is 12.4. The predicted octanol–water partition coefficient (Wildman–Crippen LogP) is 4.10. The van der Waals surface area contributed by atoms with Gasteiger partial charge in [0.15, 0.2) is 0 Å². The third-order valence-corrected chi connectivity index (χ3v) is 6.70. The molecule has 5 aliphatic rings. The summed E-state index contributed by atoms with van der Waals surface area (Å²) in [5.74, 6) is 4.47. The van der Waals surface area contributed by atoms with Crippen LogP contribution in [0.15, 0.2) is 18.3 Å². The Balaban J connectivity index is 1.40. The van der Waals surface area contributed by atoms with Crippen LogP contribution >= 0.6 is 0 Å². The Hall–Kier alpha value is -1.12. The Morgan fingerprint density at radius 3 is 2.38 bits per heavy atom. The van der Waals surface area contributed by atoms with Crippen LogP contribution in [0.3, 0.4) is 0 Å². The Bertz CT molecular complexity index is 531. The van der Waals surface area contributed by atoms with Crippen molar-refractivity contribution in [2.75, 3.05) is 0 Å². The van der Waals surface area contributed by atoms with E-state index < -0.39 is 0 Å². The predicted molar refractivity (Wildman–Crippen MR) is 81.8 cm³/mol. The summed E-state index contributed by atoms with van der Waals surface area (Å²) in [5.41, 5.74) is 1.24. The topological polar surface area (TPSA) is 30.7 Å². The van der Waals surface area contributed by atoms with Crippen LogP contribution in [-0.2, 0) is 0 Å². The molecule has 0 amide bonds. The molecule has 3 nitrogen and oxygen atoms in total. The van der Waals surface area contributed by atoms with Crippen LogP contribution in [0.2, 0.25) is 0 Å². The first-order valence-electron chi connectivity index (χ1n) is 8.93. The van der Waals surface area contributed by atoms with E-state index in [9.17, 15) is 0 Å². The van der Waals surface area contributed by atoms with Crippen molar-refractivity contribution < 1.29 is 0 Å². The number of allylic oxidation sites excluding steroid dienone is 2. The first-order valence-corrected chi connectivity index (χ1v) is 8.93. The average Bonchev–Trinajstić information content (AvgIpc) is 2.97. The second-order valence-corrected chi connectivity index (χ2v) is 8.03. The quantitative estimate of drug-likeness (QED) is 0.765. The highest BCUT2D eigenvalue weighted by molar-refractivity contribution is 5.10. The van der Waals surface area contributed by atoms with E-state index in [0.717, 1.165) is 30.1 Å². The van der Waals surface area contributed by atoms with Crippen molar-refractivity contribution >= 4 is 0 Å². The third kappa shape index (κ3) is 2.00. The Morgan fingerprint density at radius 2 is 1.71 bits per heavy atom. The molecular formula is C18H25N3. The van der Waals surface area contributed by atoms with Crippen LogP contribution in [0, 0.1) is 23.7 Å². The van der Waals surface area contributed by atoms with E-state index >= 15 is 0 Å². The number of hydrogen-bond acceptors (Lipinski definition) is 2. The molecule has 0 aromatic carbocycles. The largest absolute Gasteiger partial charge is 0.249 e. The number of nitrogens with zero attached hydrogens (tertiary/aromatic N) is 3. The maximum absolute atomic E-state index is 4.58. The average molecular weight is 283 g/mol. The van der Waals surface area contributed by atoms with Crippen LogP contribution in [0.4, 0.5) is 0 Å². The van der Waals surface area contributed by atoms with Gasteiger partial charge in [-0.1, -0.05) is 17.4 Å². The Kier molecular flexibility index (Phi) is 2.77. The maximum atomic E-state index is 4.58. The molecule has 4 bridgehead atoms. The summed E-state index contributed by atoms with van der Waals surface area (Å²) in [6.45, 7) is 0. The molecule has 4 saturated carbocycles. The van der Waals surface area contributed by atoms with Gasteiger partial charge in [0.05, 0.1) is 11.7 Å². The van der Waals surface area contributed by atoms with Crippen LogP contribution in [0.25, 0.3) is 0 Å². The van der Waals surface area contributed by atoms with E-state index in [1.165, 1.54) is 50.6 Å². The molecule has 0 unspecified atom stereocenters. The number of hydrogen-bond donors (Lipinski definition) is 0. The van der Waals surface area contributed by atoms with Crippen molar-refractivity contribution in [3.63, 3.8) is 0 Å². The minimum atomic E-state index is 0.612. The summed E-state index contributed by atoms with van der Waals surface area (Å²) >= 11 is 0. The zero-order valence-electron chi connectivity index (χ0n) is 12.7. The molecule has 4 fully saturated rings. The van der Waals surface area contributed by atoms with Crippen molar-refractivity contribution in [3.05, 3.63) is 24.0 Å². The molecule has 6 rings (SSSR count). The van der Waals surface area contributed by atoms with E-state index in [1.54, 1.807) is 0 Å². The molecule has 21 heavy (non-hydrogen) atoms. The van der Waals surface area contributed by atoms with Gasteiger partial charge in [-0.3, -0.25) is 0 Å². The Morgan fingerprint density at radius 1 is 0.952 bits per heavy atom. The lowest BCUT2D eigenvalue weighted by molar-refractivity contribution is -0.0342. The van der Waals surface area contributed by atoms with Gasteiger partial charge in [0.25, 0.3) is 0 Å². The summed E-state index contributed by atoms with van der Waals surface area (Å²) in [6.07, 6.45) is 17.9. The van der Waals surface area contributed by atoms with Gasteiger partial charge in [-0.05, 0) is 75.0 Å².